The summed E-state index contributed by atoms with van der Waals surface area (Å²) in [7, 11) is 2.11. The van der Waals surface area contributed by atoms with E-state index >= 15 is 0 Å². The number of nitrogens with zero attached hydrogens (tertiary/aromatic N) is 3. The van der Waals surface area contributed by atoms with Crippen LogP contribution in [0.5, 0.6) is 0 Å². The van der Waals surface area contributed by atoms with Crippen LogP contribution in [0.1, 0.15) is 32.7 Å². The first kappa shape index (κ1) is 16.3. The van der Waals surface area contributed by atoms with Crippen molar-refractivity contribution in [2.45, 2.75) is 32.7 Å². The van der Waals surface area contributed by atoms with E-state index in [-0.39, 0.29) is 11.6 Å². The number of anilines is 1. The molecule has 1 N–H and O–H groups in total. The lowest BCUT2D eigenvalue weighted by Gasteiger charge is -2.20. The molecule has 1 rings (SSSR count). The van der Waals surface area contributed by atoms with Gasteiger partial charge in [0.25, 0.3) is 12.1 Å². The molecule has 1 atom stereocenters. The Balaban J connectivity index is 2.62. The summed E-state index contributed by atoms with van der Waals surface area (Å²) >= 11 is 0. The number of hydrogen-bond donors (Lipinski definition) is 1. The summed E-state index contributed by atoms with van der Waals surface area (Å²) in [6.07, 6.45) is 3.93. The van der Waals surface area contributed by atoms with Gasteiger partial charge in [-0.2, -0.15) is 0 Å². The second kappa shape index (κ2) is 8.39. The van der Waals surface area contributed by atoms with Gasteiger partial charge in [-0.15, -0.1) is 0 Å². The summed E-state index contributed by atoms with van der Waals surface area (Å²) in [6, 6.07) is 3.64. The van der Waals surface area contributed by atoms with Crippen molar-refractivity contribution in [1.29, 1.82) is 0 Å². The molecular formula is C15H25N4O+. The standard InChI is InChI=1S/C15H24N4O/c1-5-8-18(4)9-6-13(2)19-10-7-14(11-15(19)20)17-12-16-3/h3,7,10-11,13H,5-6,8-9,12H2,1-2,4H3/p+1. The molecule has 1 aromatic rings. The second-order valence-corrected chi connectivity index (χ2v) is 5.12. The third-order valence-corrected chi connectivity index (χ3v) is 3.33. The Labute approximate surface area is 121 Å². The minimum absolute atomic E-state index is 0.00216. The topological polar surface area (TPSA) is 41.6 Å². The van der Waals surface area contributed by atoms with Crippen molar-refractivity contribution < 1.29 is 0 Å². The van der Waals surface area contributed by atoms with E-state index in [1.54, 1.807) is 10.6 Å². The SMILES string of the molecule is C#[N+]CNc1ccn(C(C)CCN(C)CCC)c(=O)c1. The molecule has 110 valence electrons. The Hall–Kier alpha value is -1.80. The van der Waals surface area contributed by atoms with Crippen molar-refractivity contribution in [1.82, 2.24) is 9.47 Å². The number of aromatic nitrogens is 1. The van der Waals surface area contributed by atoms with Crippen LogP contribution in [0.3, 0.4) is 0 Å². The van der Waals surface area contributed by atoms with Crippen LogP contribution < -0.4 is 10.9 Å². The lowest BCUT2D eigenvalue weighted by molar-refractivity contribution is 0.303. The van der Waals surface area contributed by atoms with E-state index in [0.29, 0.717) is 6.67 Å². The van der Waals surface area contributed by atoms with Crippen LogP contribution in [0, 0.1) is 6.57 Å². The highest BCUT2D eigenvalue weighted by Gasteiger charge is 2.08. The number of pyridine rings is 1. The zero-order valence-corrected chi connectivity index (χ0v) is 12.7. The molecule has 0 aliphatic rings. The first-order chi connectivity index (χ1) is 9.58. The van der Waals surface area contributed by atoms with Crippen molar-refractivity contribution in [3.05, 3.63) is 33.5 Å². The van der Waals surface area contributed by atoms with Crippen LogP contribution in [0.25, 0.3) is 4.85 Å². The molecule has 20 heavy (non-hydrogen) atoms. The number of nitrogens with one attached hydrogen (secondary N) is 1. The molecule has 1 aromatic heterocycles. The minimum atomic E-state index is -0.00216. The maximum absolute atomic E-state index is 12.1. The van der Waals surface area contributed by atoms with Gasteiger partial charge >= 0.3 is 6.67 Å². The van der Waals surface area contributed by atoms with E-state index in [2.05, 4.69) is 36.0 Å². The van der Waals surface area contributed by atoms with Crippen LogP contribution in [-0.2, 0) is 0 Å². The first-order valence-corrected chi connectivity index (χ1v) is 7.09. The zero-order valence-electron chi connectivity index (χ0n) is 12.7. The summed E-state index contributed by atoms with van der Waals surface area (Å²) in [5.74, 6) is 0. The molecule has 0 aliphatic carbocycles. The number of rotatable bonds is 8. The molecule has 5 heteroatoms. The minimum Gasteiger partial charge on any atom is -0.315 e. The maximum Gasteiger partial charge on any atom is 0.336 e. The van der Waals surface area contributed by atoms with Gasteiger partial charge in [0.2, 0.25) is 0 Å². The van der Waals surface area contributed by atoms with Gasteiger partial charge in [-0.3, -0.25) is 4.79 Å². The molecule has 0 saturated heterocycles. The molecule has 1 heterocycles. The summed E-state index contributed by atoms with van der Waals surface area (Å²) < 4.78 is 1.77. The maximum atomic E-state index is 12.1. The third-order valence-electron chi connectivity index (χ3n) is 3.33. The fourth-order valence-corrected chi connectivity index (χ4v) is 2.14. The predicted octanol–water partition coefficient (Wildman–Crippen LogP) is 2.47. The van der Waals surface area contributed by atoms with Gasteiger partial charge in [0.15, 0.2) is 0 Å². The molecule has 1 unspecified atom stereocenters. The van der Waals surface area contributed by atoms with Gasteiger partial charge in [-0.1, -0.05) is 11.8 Å². The molecule has 0 aliphatic heterocycles. The molecule has 5 nitrogen and oxygen atoms in total. The summed E-state index contributed by atoms with van der Waals surface area (Å²) in [5.41, 5.74) is 0.744. The average Bonchev–Trinajstić information content (AvgIpc) is 2.43. The largest absolute Gasteiger partial charge is 0.336 e. The molecule has 0 radical (unpaired) electrons. The highest BCUT2D eigenvalue weighted by atomic mass is 16.1. The highest BCUT2D eigenvalue weighted by molar-refractivity contribution is 5.41. The van der Waals surface area contributed by atoms with Crippen LogP contribution in [-0.4, -0.2) is 36.3 Å². The monoisotopic (exact) mass is 277 g/mol. The highest BCUT2D eigenvalue weighted by Crippen LogP contribution is 2.10. The van der Waals surface area contributed by atoms with Crippen LogP contribution in [0.15, 0.2) is 23.1 Å². The van der Waals surface area contributed by atoms with Crippen molar-refractivity contribution >= 4 is 5.69 Å². The molecule has 0 bridgehead atoms. The Kier molecular flexibility index (Phi) is 6.82. The number of hydrogen-bond acceptors (Lipinski definition) is 3. The second-order valence-electron chi connectivity index (χ2n) is 5.12. The Morgan fingerprint density at radius 1 is 1.50 bits per heavy atom. The molecule has 0 aromatic carbocycles. The predicted molar refractivity (Wildman–Crippen MR) is 84.6 cm³/mol. The first-order valence-electron chi connectivity index (χ1n) is 7.09. The van der Waals surface area contributed by atoms with Gasteiger partial charge in [-0.25, -0.2) is 0 Å². The Morgan fingerprint density at radius 3 is 2.85 bits per heavy atom. The molecule has 0 saturated carbocycles. The Morgan fingerprint density at radius 2 is 2.25 bits per heavy atom. The smallest absolute Gasteiger partial charge is 0.315 e. The summed E-state index contributed by atoms with van der Waals surface area (Å²) in [4.78, 5) is 17.8. The van der Waals surface area contributed by atoms with E-state index in [1.165, 1.54) is 0 Å². The Bertz CT molecular complexity index is 503. The third kappa shape index (κ3) is 5.06. The average molecular weight is 277 g/mol. The van der Waals surface area contributed by atoms with Crippen LogP contribution in [0.2, 0.25) is 0 Å². The van der Waals surface area contributed by atoms with E-state index in [1.807, 2.05) is 12.3 Å². The lowest BCUT2D eigenvalue weighted by atomic mass is 10.2. The van der Waals surface area contributed by atoms with Gasteiger partial charge < -0.3 is 14.8 Å². The summed E-state index contributed by atoms with van der Waals surface area (Å²) in [6.45, 7) is 11.7. The van der Waals surface area contributed by atoms with Crippen molar-refractivity contribution in [2.75, 3.05) is 32.1 Å². The van der Waals surface area contributed by atoms with Crippen LogP contribution in [0.4, 0.5) is 5.69 Å². The van der Waals surface area contributed by atoms with Crippen molar-refractivity contribution in [3.8, 4) is 6.57 Å². The normalized spacial score (nSPS) is 12.2. The fraction of sp³-hybridized carbons (Fsp3) is 0.600. The quantitative estimate of drug-likeness (QED) is 0.793. The van der Waals surface area contributed by atoms with E-state index in [9.17, 15) is 4.79 Å². The van der Waals surface area contributed by atoms with E-state index in [0.717, 1.165) is 31.6 Å². The van der Waals surface area contributed by atoms with Gasteiger partial charge in [0.1, 0.15) is 0 Å². The van der Waals surface area contributed by atoms with E-state index in [4.69, 9.17) is 6.57 Å². The zero-order chi connectivity index (χ0) is 15.0. The fourth-order valence-electron chi connectivity index (χ4n) is 2.14. The van der Waals surface area contributed by atoms with E-state index < -0.39 is 0 Å². The van der Waals surface area contributed by atoms with Crippen LogP contribution >= 0.6 is 0 Å². The molecule has 0 amide bonds. The molecule has 0 fully saturated rings. The molecular weight excluding hydrogens is 252 g/mol. The lowest BCUT2D eigenvalue weighted by Crippen LogP contribution is -2.27. The summed E-state index contributed by atoms with van der Waals surface area (Å²) in [5, 5.41) is 2.96. The van der Waals surface area contributed by atoms with Gasteiger partial charge in [0, 0.05) is 24.0 Å². The molecule has 0 spiro atoms. The van der Waals surface area contributed by atoms with Gasteiger partial charge in [0.05, 0.1) is 0 Å². The van der Waals surface area contributed by atoms with Gasteiger partial charge in [-0.05, 0) is 46.0 Å². The van der Waals surface area contributed by atoms with Crippen molar-refractivity contribution in [2.24, 2.45) is 0 Å². The van der Waals surface area contributed by atoms with Crippen molar-refractivity contribution in [3.63, 3.8) is 0 Å².